The topological polar surface area (TPSA) is 32.3 Å². The molecule has 0 aliphatic carbocycles. The van der Waals surface area contributed by atoms with E-state index in [0.29, 0.717) is 12.2 Å². The smallest absolute Gasteiger partial charge is 0.367 e. The summed E-state index contributed by atoms with van der Waals surface area (Å²) in [6.07, 6.45) is -4.14. The predicted octanol–water partition coefficient (Wildman–Crippen LogP) is 3.26. The molecule has 0 atom stereocenters. The fourth-order valence-electron chi connectivity index (χ4n) is 2.15. The third-order valence-corrected chi connectivity index (χ3v) is 3.11. The van der Waals surface area contributed by atoms with Gasteiger partial charge < -0.3 is 10.2 Å². The first-order valence-corrected chi connectivity index (χ1v) is 6.07. The van der Waals surface area contributed by atoms with E-state index in [1.165, 1.54) is 6.07 Å². The summed E-state index contributed by atoms with van der Waals surface area (Å²) in [5.74, 6) is -0.260. The monoisotopic (exact) mass is 272 g/mol. The van der Waals surface area contributed by atoms with Crippen molar-refractivity contribution >= 4 is 17.3 Å². The van der Waals surface area contributed by atoms with Gasteiger partial charge in [-0.1, -0.05) is 0 Å². The van der Waals surface area contributed by atoms with Gasteiger partial charge in [-0.25, -0.2) is 0 Å². The molecule has 0 unspecified atom stereocenters. The summed E-state index contributed by atoms with van der Waals surface area (Å²) >= 11 is 0. The Morgan fingerprint density at radius 3 is 2.58 bits per heavy atom. The average molecular weight is 272 g/mol. The highest BCUT2D eigenvalue weighted by molar-refractivity contribution is 5.96. The quantitative estimate of drug-likeness (QED) is 0.851. The van der Waals surface area contributed by atoms with Gasteiger partial charge in [0.05, 0.1) is 16.9 Å². The molecule has 0 aromatic heterocycles. The number of carbonyl (C=O) groups is 1. The van der Waals surface area contributed by atoms with E-state index in [0.717, 1.165) is 12.1 Å². The maximum Gasteiger partial charge on any atom is 0.416 e. The Kier molecular flexibility index (Phi) is 3.43. The van der Waals surface area contributed by atoms with Crippen LogP contribution in [0, 0.1) is 0 Å². The highest BCUT2D eigenvalue weighted by atomic mass is 19.4. The van der Waals surface area contributed by atoms with E-state index in [4.69, 9.17) is 0 Å². The summed E-state index contributed by atoms with van der Waals surface area (Å²) in [5, 5.41) is 2.54. The second-order valence-electron chi connectivity index (χ2n) is 4.82. The van der Waals surface area contributed by atoms with Crippen LogP contribution in [-0.4, -0.2) is 18.5 Å². The van der Waals surface area contributed by atoms with Gasteiger partial charge in [0.2, 0.25) is 5.91 Å². The molecule has 1 aromatic rings. The van der Waals surface area contributed by atoms with Gasteiger partial charge in [-0.3, -0.25) is 4.79 Å². The fraction of sp³-hybridized carbons (Fsp3) is 0.462. The first-order valence-electron chi connectivity index (χ1n) is 6.07. The average Bonchev–Trinajstić information content (AvgIpc) is 2.44. The molecule has 19 heavy (non-hydrogen) atoms. The third-order valence-electron chi connectivity index (χ3n) is 3.11. The summed E-state index contributed by atoms with van der Waals surface area (Å²) in [7, 11) is 0. The molecule has 0 radical (unpaired) electrons. The van der Waals surface area contributed by atoms with Crippen LogP contribution in [0.4, 0.5) is 24.5 Å². The van der Waals surface area contributed by atoms with Gasteiger partial charge in [0.15, 0.2) is 0 Å². The van der Waals surface area contributed by atoms with Crippen molar-refractivity contribution in [2.45, 2.75) is 32.5 Å². The zero-order valence-electron chi connectivity index (χ0n) is 10.7. The fourth-order valence-corrected chi connectivity index (χ4v) is 2.15. The molecule has 1 amide bonds. The number of amides is 1. The summed E-state index contributed by atoms with van der Waals surface area (Å²) in [6, 6.07) is 3.58. The van der Waals surface area contributed by atoms with Crippen molar-refractivity contribution in [2.75, 3.05) is 16.8 Å². The van der Waals surface area contributed by atoms with Gasteiger partial charge in [-0.15, -0.1) is 0 Å². The molecule has 0 fully saturated rings. The van der Waals surface area contributed by atoms with Crippen LogP contribution < -0.4 is 10.2 Å². The summed E-state index contributed by atoms with van der Waals surface area (Å²) < 4.78 is 38.1. The maximum absolute atomic E-state index is 12.7. The van der Waals surface area contributed by atoms with Crippen molar-refractivity contribution in [2.24, 2.45) is 0 Å². The minimum Gasteiger partial charge on any atom is -0.367 e. The summed E-state index contributed by atoms with van der Waals surface area (Å²) in [5.41, 5.74) is 0.108. The number of alkyl halides is 3. The van der Waals surface area contributed by atoms with E-state index in [1.54, 1.807) is 0 Å². The highest BCUT2D eigenvalue weighted by Crippen LogP contribution is 2.37. The van der Waals surface area contributed by atoms with E-state index >= 15 is 0 Å². The van der Waals surface area contributed by atoms with Gasteiger partial charge in [-0.05, 0) is 32.0 Å². The largest absolute Gasteiger partial charge is 0.416 e. The van der Waals surface area contributed by atoms with Crippen LogP contribution in [0.1, 0.15) is 25.8 Å². The zero-order chi connectivity index (χ0) is 14.2. The maximum atomic E-state index is 12.7. The van der Waals surface area contributed by atoms with Crippen molar-refractivity contribution in [3.8, 4) is 0 Å². The van der Waals surface area contributed by atoms with Gasteiger partial charge in [0, 0.05) is 19.0 Å². The van der Waals surface area contributed by atoms with Crippen molar-refractivity contribution < 1.29 is 18.0 Å². The van der Waals surface area contributed by atoms with Crippen LogP contribution in [0.15, 0.2) is 18.2 Å². The van der Waals surface area contributed by atoms with Crippen LogP contribution in [0.25, 0.3) is 0 Å². The number of anilines is 2. The molecule has 0 saturated heterocycles. The lowest BCUT2D eigenvalue weighted by atomic mass is 10.1. The standard InChI is InChI=1S/C13H15F3N2O/c1-8(2)18-6-5-12(19)17-10-7-9(13(14,15)16)3-4-11(10)18/h3-4,7-8H,5-6H2,1-2H3,(H,17,19). The van der Waals surface area contributed by atoms with Gasteiger partial charge in [0.1, 0.15) is 0 Å². The molecule has 0 saturated carbocycles. The Hall–Kier alpha value is -1.72. The second-order valence-corrected chi connectivity index (χ2v) is 4.82. The minimum absolute atomic E-state index is 0.114. The number of carbonyl (C=O) groups excluding carboxylic acids is 1. The Bertz CT molecular complexity index is 497. The van der Waals surface area contributed by atoms with Crippen LogP contribution in [0.5, 0.6) is 0 Å². The molecular formula is C13H15F3N2O. The number of nitrogens with one attached hydrogen (secondary N) is 1. The lowest BCUT2D eigenvalue weighted by molar-refractivity contribution is -0.137. The molecule has 1 heterocycles. The van der Waals surface area contributed by atoms with Gasteiger partial charge in [-0.2, -0.15) is 13.2 Å². The van der Waals surface area contributed by atoms with Crippen LogP contribution in [-0.2, 0) is 11.0 Å². The molecule has 2 rings (SSSR count). The SMILES string of the molecule is CC(C)N1CCC(=O)Nc2cc(C(F)(F)F)ccc21. The predicted molar refractivity (Wildman–Crippen MR) is 67.2 cm³/mol. The molecule has 1 aliphatic rings. The second kappa shape index (κ2) is 4.75. The Morgan fingerprint density at radius 2 is 2.00 bits per heavy atom. The molecule has 0 bridgehead atoms. The van der Waals surface area contributed by atoms with Crippen molar-refractivity contribution in [3.63, 3.8) is 0 Å². The Balaban J connectivity index is 2.49. The van der Waals surface area contributed by atoms with E-state index < -0.39 is 11.7 Å². The molecule has 1 N–H and O–H groups in total. The Morgan fingerprint density at radius 1 is 1.32 bits per heavy atom. The molecule has 0 spiro atoms. The zero-order valence-corrected chi connectivity index (χ0v) is 10.7. The molecule has 6 heteroatoms. The first kappa shape index (κ1) is 13.7. The highest BCUT2D eigenvalue weighted by Gasteiger charge is 2.32. The summed E-state index contributed by atoms with van der Waals surface area (Å²) in [4.78, 5) is 13.5. The first-order chi connectivity index (χ1) is 8.79. The number of hydrogen-bond donors (Lipinski definition) is 1. The Labute approximate surface area is 109 Å². The lowest BCUT2D eigenvalue weighted by Crippen LogP contribution is -2.31. The van der Waals surface area contributed by atoms with E-state index in [9.17, 15) is 18.0 Å². The van der Waals surface area contributed by atoms with E-state index in [1.807, 2.05) is 18.7 Å². The van der Waals surface area contributed by atoms with Gasteiger partial charge >= 0.3 is 6.18 Å². The lowest BCUT2D eigenvalue weighted by Gasteiger charge is -2.28. The van der Waals surface area contributed by atoms with Crippen molar-refractivity contribution in [1.82, 2.24) is 0 Å². The van der Waals surface area contributed by atoms with E-state index in [-0.39, 0.29) is 24.1 Å². The minimum atomic E-state index is -4.41. The van der Waals surface area contributed by atoms with Crippen molar-refractivity contribution in [3.05, 3.63) is 23.8 Å². The van der Waals surface area contributed by atoms with Crippen LogP contribution in [0.2, 0.25) is 0 Å². The number of nitrogens with zero attached hydrogens (tertiary/aromatic N) is 1. The molecule has 104 valence electrons. The third kappa shape index (κ3) is 2.83. The normalized spacial score (nSPS) is 16.1. The molecule has 1 aromatic carbocycles. The molecular weight excluding hydrogens is 257 g/mol. The molecule has 1 aliphatic heterocycles. The van der Waals surface area contributed by atoms with E-state index in [2.05, 4.69) is 5.32 Å². The van der Waals surface area contributed by atoms with Crippen LogP contribution in [0.3, 0.4) is 0 Å². The number of fused-ring (bicyclic) bond motifs is 1. The van der Waals surface area contributed by atoms with Crippen molar-refractivity contribution in [1.29, 1.82) is 0 Å². The van der Waals surface area contributed by atoms with Crippen LogP contribution >= 0.6 is 0 Å². The van der Waals surface area contributed by atoms with Gasteiger partial charge in [0.25, 0.3) is 0 Å². The number of halogens is 3. The number of benzene rings is 1. The number of hydrogen-bond acceptors (Lipinski definition) is 2. The molecule has 3 nitrogen and oxygen atoms in total. The number of rotatable bonds is 1. The summed E-state index contributed by atoms with van der Waals surface area (Å²) in [6.45, 7) is 4.39.